The quantitative estimate of drug-likeness (QED) is 0.743. The van der Waals surface area contributed by atoms with Gasteiger partial charge in [-0.2, -0.15) is 0 Å². The molecule has 1 N–H and O–H groups in total. The van der Waals surface area contributed by atoms with Crippen molar-refractivity contribution >= 4 is 5.91 Å². The van der Waals surface area contributed by atoms with Crippen molar-refractivity contribution in [2.24, 2.45) is 5.92 Å². The normalized spacial score (nSPS) is 20.1. The Morgan fingerprint density at radius 2 is 2.04 bits per heavy atom. The number of hydrogen-bond acceptors (Lipinski definition) is 3. The minimum Gasteiger partial charge on any atom is -0.383 e. The molecule has 1 fully saturated rings. The van der Waals surface area contributed by atoms with E-state index >= 15 is 0 Å². The van der Waals surface area contributed by atoms with E-state index in [0.29, 0.717) is 26.2 Å². The fourth-order valence-electron chi connectivity index (χ4n) is 3.99. The number of piperidine rings is 1. The van der Waals surface area contributed by atoms with Gasteiger partial charge in [-0.1, -0.05) is 42.0 Å². The van der Waals surface area contributed by atoms with Crippen LogP contribution in [0.5, 0.6) is 0 Å². The summed E-state index contributed by atoms with van der Waals surface area (Å²) >= 11 is 0. The minimum atomic E-state index is -0.224. The van der Waals surface area contributed by atoms with E-state index < -0.39 is 0 Å². The van der Waals surface area contributed by atoms with Gasteiger partial charge in [0.1, 0.15) is 5.82 Å². The van der Waals surface area contributed by atoms with Gasteiger partial charge in [0.2, 0.25) is 5.91 Å². The molecule has 3 rings (SSSR count). The molecule has 0 aromatic heterocycles. The summed E-state index contributed by atoms with van der Waals surface area (Å²) in [7, 11) is 1.63. The number of rotatable bonds is 7. The number of likely N-dealkylation sites (tertiary alicyclic amines) is 1. The SMILES string of the molecule is COCCNC(=O)[C@@H]1C[C@H](c2cccc(C)c2)CN(Cc2cccc(F)c2)C1. The zero-order valence-corrected chi connectivity index (χ0v) is 16.7. The van der Waals surface area contributed by atoms with Crippen LogP contribution in [0.1, 0.15) is 29.0 Å². The second kappa shape index (κ2) is 9.80. The maximum Gasteiger partial charge on any atom is 0.224 e. The number of halogens is 1. The van der Waals surface area contributed by atoms with Gasteiger partial charge in [-0.25, -0.2) is 4.39 Å². The van der Waals surface area contributed by atoms with Crippen LogP contribution in [0.15, 0.2) is 48.5 Å². The van der Waals surface area contributed by atoms with E-state index in [1.807, 2.05) is 6.07 Å². The first kappa shape index (κ1) is 20.5. The summed E-state index contributed by atoms with van der Waals surface area (Å²) in [4.78, 5) is 15.0. The molecule has 1 aliphatic rings. The average Bonchev–Trinajstić information content (AvgIpc) is 2.68. The van der Waals surface area contributed by atoms with Crippen LogP contribution in [0.3, 0.4) is 0 Å². The number of carbonyl (C=O) groups is 1. The predicted octanol–water partition coefficient (Wildman–Crippen LogP) is 3.50. The molecule has 0 radical (unpaired) electrons. The molecule has 2 aromatic rings. The Bertz CT molecular complexity index is 796. The van der Waals surface area contributed by atoms with Crippen molar-refractivity contribution in [3.05, 3.63) is 71.0 Å². The average molecular weight is 384 g/mol. The third-order valence-corrected chi connectivity index (χ3v) is 5.31. The van der Waals surface area contributed by atoms with Crippen LogP contribution in [-0.4, -0.2) is 44.2 Å². The zero-order valence-electron chi connectivity index (χ0n) is 16.7. The van der Waals surface area contributed by atoms with Crippen molar-refractivity contribution in [3.63, 3.8) is 0 Å². The van der Waals surface area contributed by atoms with Gasteiger partial charge in [0, 0.05) is 33.3 Å². The zero-order chi connectivity index (χ0) is 19.9. The van der Waals surface area contributed by atoms with E-state index in [-0.39, 0.29) is 23.6 Å². The molecule has 150 valence electrons. The second-order valence-electron chi connectivity index (χ2n) is 7.65. The van der Waals surface area contributed by atoms with Crippen molar-refractivity contribution in [1.82, 2.24) is 10.2 Å². The summed E-state index contributed by atoms with van der Waals surface area (Å²) in [6, 6.07) is 15.2. The van der Waals surface area contributed by atoms with E-state index in [2.05, 4.69) is 41.4 Å². The van der Waals surface area contributed by atoms with E-state index in [1.165, 1.54) is 17.2 Å². The second-order valence-corrected chi connectivity index (χ2v) is 7.65. The smallest absolute Gasteiger partial charge is 0.224 e. The number of nitrogens with one attached hydrogen (secondary N) is 1. The molecule has 0 unspecified atom stereocenters. The maximum absolute atomic E-state index is 13.6. The fourth-order valence-corrected chi connectivity index (χ4v) is 3.99. The first-order chi connectivity index (χ1) is 13.5. The van der Waals surface area contributed by atoms with Crippen molar-refractivity contribution in [1.29, 1.82) is 0 Å². The third kappa shape index (κ3) is 5.63. The summed E-state index contributed by atoms with van der Waals surface area (Å²) in [5, 5.41) is 2.98. The van der Waals surface area contributed by atoms with Gasteiger partial charge in [0.05, 0.1) is 12.5 Å². The Morgan fingerprint density at radius 3 is 2.79 bits per heavy atom. The number of aryl methyl sites for hydroxylation is 1. The number of nitrogens with zero attached hydrogens (tertiary/aromatic N) is 1. The minimum absolute atomic E-state index is 0.0682. The Balaban J connectivity index is 1.76. The molecule has 1 heterocycles. The summed E-state index contributed by atoms with van der Waals surface area (Å²) in [5.41, 5.74) is 3.42. The molecule has 0 bridgehead atoms. The highest BCUT2D eigenvalue weighted by atomic mass is 19.1. The largest absolute Gasteiger partial charge is 0.383 e. The lowest BCUT2D eigenvalue weighted by molar-refractivity contribution is -0.127. The lowest BCUT2D eigenvalue weighted by Crippen LogP contribution is -2.46. The van der Waals surface area contributed by atoms with Gasteiger partial charge in [0.15, 0.2) is 0 Å². The molecule has 5 heteroatoms. The van der Waals surface area contributed by atoms with Crippen molar-refractivity contribution in [2.45, 2.75) is 25.8 Å². The number of hydrogen-bond donors (Lipinski definition) is 1. The van der Waals surface area contributed by atoms with Crippen LogP contribution in [0.4, 0.5) is 4.39 Å². The van der Waals surface area contributed by atoms with Crippen LogP contribution in [0, 0.1) is 18.7 Å². The number of ether oxygens (including phenoxy) is 1. The van der Waals surface area contributed by atoms with Gasteiger partial charge >= 0.3 is 0 Å². The molecule has 2 atom stereocenters. The molecule has 4 nitrogen and oxygen atoms in total. The van der Waals surface area contributed by atoms with Gasteiger partial charge in [0.25, 0.3) is 0 Å². The molecular formula is C23H29FN2O2. The summed E-state index contributed by atoms with van der Waals surface area (Å²) in [6.45, 7) is 5.30. The number of amides is 1. The highest BCUT2D eigenvalue weighted by Gasteiger charge is 2.32. The number of methoxy groups -OCH3 is 1. The van der Waals surface area contributed by atoms with Crippen LogP contribution in [-0.2, 0) is 16.1 Å². The Morgan fingerprint density at radius 1 is 1.21 bits per heavy atom. The van der Waals surface area contributed by atoms with Crippen LogP contribution < -0.4 is 5.32 Å². The number of benzene rings is 2. The summed E-state index contributed by atoms with van der Waals surface area (Å²) in [6.07, 6.45) is 0.821. The molecule has 2 aromatic carbocycles. The van der Waals surface area contributed by atoms with E-state index in [4.69, 9.17) is 4.74 Å². The van der Waals surface area contributed by atoms with Crippen LogP contribution in [0.2, 0.25) is 0 Å². The molecule has 1 amide bonds. The highest BCUT2D eigenvalue weighted by molar-refractivity contribution is 5.79. The standard InChI is InChI=1S/C23H29FN2O2/c1-17-5-3-7-19(11-17)20-13-21(23(27)25-9-10-28-2)16-26(15-20)14-18-6-4-8-22(24)12-18/h3-8,11-12,20-21H,9-10,13-16H2,1-2H3,(H,25,27)/t20-,21+/m0/s1. The number of carbonyl (C=O) groups excluding carboxylic acids is 1. The molecule has 1 aliphatic heterocycles. The van der Waals surface area contributed by atoms with Crippen molar-refractivity contribution in [2.75, 3.05) is 33.4 Å². The van der Waals surface area contributed by atoms with Gasteiger partial charge in [-0.15, -0.1) is 0 Å². The van der Waals surface area contributed by atoms with E-state index in [1.54, 1.807) is 19.2 Å². The van der Waals surface area contributed by atoms with Crippen molar-refractivity contribution in [3.8, 4) is 0 Å². The molecule has 1 saturated heterocycles. The third-order valence-electron chi connectivity index (χ3n) is 5.31. The monoisotopic (exact) mass is 384 g/mol. The van der Waals surface area contributed by atoms with Crippen LogP contribution in [0.25, 0.3) is 0 Å². The van der Waals surface area contributed by atoms with Gasteiger partial charge < -0.3 is 10.1 Å². The predicted molar refractivity (Wildman–Crippen MR) is 109 cm³/mol. The van der Waals surface area contributed by atoms with E-state index in [0.717, 1.165) is 18.5 Å². The van der Waals surface area contributed by atoms with E-state index in [9.17, 15) is 9.18 Å². The Hall–Kier alpha value is -2.24. The maximum atomic E-state index is 13.6. The molecule has 0 spiro atoms. The highest BCUT2D eigenvalue weighted by Crippen LogP contribution is 2.31. The molecular weight excluding hydrogens is 355 g/mol. The summed E-state index contributed by atoms with van der Waals surface area (Å²) < 4.78 is 18.6. The Labute approximate surface area is 166 Å². The van der Waals surface area contributed by atoms with Crippen molar-refractivity contribution < 1.29 is 13.9 Å². The lowest BCUT2D eigenvalue weighted by Gasteiger charge is -2.37. The first-order valence-corrected chi connectivity index (χ1v) is 9.85. The fraction of sp³-hybridized carbons (Fsp3) is 0.435. The van der Waals surface area contributed by atoms with Gasteiger partial charge in [-0.05, 0) is 42.5 Å². The van der Waals surface area contributed by atoms with Crippen LogP contribution >= 0.6 is 0 Å². The Kier molecular flexibility index (Phi) is 7.18. The topological polar surface area (TPSA) is 41.6 Å². The molecule has 28 heavy (non-hydrogen) atoms. The first-order valence-electron chi connectivity index (χ1n) is 9.85. The molecule has 0 aliphatic carbocycles. The lowest BCUT2D eigenvalue weighted by atomic mass is 9.83. The van der Waals surface area contributed by atoms with Gasteiger partial charge in [-0.3, -0.25) is 9.69 Å². The summed E-state index contributed by atoms with van der Waals surface area (Å²) in [5.74, 6) is 0.0299. The molecule has 0 saturated carbocycles.